The molecular weight excluding hydrogens is 208 g/mol. The molecule has 0 aromatic carbocycles. The lowest BCUT2D eigenvalue weighted by Crippen LogP contribution is -2.59. The Morgan fingerprint density at radius 3 is 2.29 bits per heavy atom. The second kappa shape index (κ2) is 4.89. The van der Waals surface area contributed by atoms with E-state index in [1.54, 1.807) is 0 Å². The summed E-state index contributed by atoms with van der Waals surface area (Å²) in [6.07, 6.45) is 8.28. The van der Waals surface area contributed by atoms with Crippen LogP contribution < -0.4 is 5.73 Å². The van der Waals surface area contributed by atoms with Crippen LogP contribution in [0.15, 0.2) is 0 Å². The van der Waals surface area contributed by atoms with Gasteiger partial charge in [-0.15, -0.1) is 0 Å². The van der Waals surface area contributed by atoms with E-state index in [2.05, 4.69) is 25.7 Å². The summed E-state index contributed by atoms with van der Waals surface area (Å²) in [5.74, 6) is 0.977. The summed E-state index contributed by atoms with van der Waals surface area (Å²) in [5.41, 5.74) is 6.87. The molecule has 1 unspecified atom stereocenters. The Kier molecular flexibility index (Phi) is 3.84. The third kappa shape index (κ3) is 2.39. The molecule has 1 atom stereocenters. The van der Waals surface area contributed by atoms with E-state index in [0.29, 0.717) is 5.41 Å². The van der Waals surface area contributed by atoms with Crippen molar-refractivity contribution in [3.05, 3.63) is 0 Å². The summed E-state index contributed by atoms with van der Waals surface area (Å²) in [4.78, 5) is 2.70. The topological polar surface area (TPSA) is 29.3 Å². The molecule has 2 heteroatoms. The van der Waals surface area contributed by atoms with Crippen LogP contribution in [0.3, 0.4) is 0 Å². The molecule has 0 aromatic rings. The highest BCUT2D eigenvalue weighted by molar-refractivity contribution is 5.10. The van der Waals surface area contributed by atoms with E-state index >= 15 is 0 Å². The fourth-order valence-corrected chi connectivity index (χ4v) is 3.61. The highest BCUT2D eigenvalue weighted by Crippen LogP contribution is 2.56. The van der Waals surface area contributed by atoms with Gasteiger partial charge in [-0.05, 0) is 57.0 Å². The van der Waals surface area contributed by atoms with Crippen LogP contribution in [0.1, 0.15) is 59.3 Å². The highest BCUT2D eigenvalue weighted by atomic mass is 15.2. The lowest BCUT2D eigenvalue weighted by Gasteiger charge is -2.48. The monoisotopic (exact) mass is 238 g/mol. The predicted octanol–water partition coefficient (Wildman–Crippen LogP) is 3.02. The number of hydrogen-bond donors (Lipinski definition) is 1. The first-order valence-electron chi connectivity index (χ1n) is 7.51. The summed E-state index contributed by atoms with van der Waals surface area (Å²) in [6.45, 7) is 10.5. The van der Waals surface area contributed by atoms with Crippen molar-refractivity contribution in [3.63, 3.8) is 0 Å². The zero-order valence-corrected chi connectivity index (χ0v) is 12.0. The van der Waals surface area contributed by atoms with Crippen LogP contribution in [0, 0.1) is 11.3 Å². The summed E-state index contributed by atoms with van der Waals surface area (Å²) < 4.78 is 0. The number of hydrogen-bond acceptors (Lipinski definition) is 2. The van der Waals surface area contributed by atoms with Crippen molar-refractivity contribution in [2.24, 2.45) is 17.1 Å². The molecular formula is C15H30N2. The fraction of sp³-hybridized carbons (Fsp3) is 1.00. The molecule has 1 aliphatic heterocycles. The van der Waals surface area contributed by atoms with Crippen molar-refractivity contribution in [1.82, 2.24) is 4.90 Å². The van der Waals surface area contributed by atoms with Crippen molar-refractivity contribution in [2.75, 3.05) is 19.6 Å². The van der Waals surface area contributed by atoms with Gasteiger partial charge in [-0.2, -0.15) is 0 Å². The van der Waals surface area contributed by atoms with Gasteiger partial charge in [-0.25, -0.2) is 0 Å². The first-order valence-corrected chi connectivity index (χ1v) is 7.51. The van der Waals surface area contributed by atoms with Crippen molar-refractivity contribution >= 4 is 0 Å². The van der Waals surface area contributed by atoms with Gasteiger partial charge in [0.2, 0.25) is 0 Å². The minimum Gasteiger partial charge on any atom is -0.329 e. The van der Waals surface area contributed by atoms with Crippen LogP contribution in [0.5, 0.6) is 0 Å². The molecule has 0 amide bonds. The third-order valence-electron chi connectivity index (χ3n) is 5.71. The van der Waals surface area contributed by atoms with Gasteiger partial charge in [-0.3, -0.25) is 4.90 Å². The second-order valence-electron chi connectivity index (χ2n) is 6.76. The molecule has 1 aliphatic carbocycles. The zero-order chi connectivity index (χ0) is 12.5. The van der Waals surface area contributed by atoms with Crippen molar-refractivity contribution in [1.29, 1.82) is 0 Å². The molecule has 0 aromatic heterocycles. The Morgan fingerprint density at radius 1 is 1.29 bits per heavy atom. The number of likely N-dealkylation sites (tertiary alicyclic amines) is 1. The first kappa shape index (κ1) is 13.4. The maximum absolute atomic E-state index is 6.12. The average Bonchev–Trinajstić information content (AvgIpc) is 3.09. The minimum absolute atomic E-state index is 0.254. The first-order chi connectivity index (χ1) is 8.05. The standard InChI is InChI=1S/C15H30N2/c1-4-5-13-6-10-17(11-7-13)15(3,12-16)14(2)8-9-14/h13H,4-12,16H2,1-3H3. The Labute approximate surface area is 107 Å². The highest BCUT2D eigenvalue weighted by Gasteiger charge is 2.55. The number of nitrogens with zero attached hydrogens (tertiary/aromatic N) is 1. The normalized spacial score (nSPS) is 28.9. The average molecular weight is 238 g/mol. The molecule has 0 spiro atoms. The van der Waals surface area contributed by atoms with Crippen molar-refractivity contribution in [3.8, 4) is 0 Å². The minimum atomic E-state index is 0.254. The molecule has 2 nitrogen and oxygen atoms in total. The molecule has 2 fully saturated rings. The van der Waals surface area contributed by atoms with E-state index in [0.717, 1.165) is 12.5 Å². The lowest BCUT2D eigenvalue weighted by atomic mass is 9.79. The van der Waals surface area contributed by atoms with Crippen LogP contribution in [-0.4, -0.2) is 30.1 Å². The Bertz CT molecular complexity index is 252. The van der Waals surface area contributed by atoms with Gasteiger partial charge in [-0.1, -0.05) is 26.7 Å². The quantitative estimate of drug-likeness (QED) is 0.798. The Hall–Kier alpha value is -0.0800. The molecule has 2 aliphatic rings. The van der Waals surface area contributed by atoms with Gasteiger partial charge >= 0.3 is 0 Å². The zero-order valence-electron chi connectivity index (χ0n) is 12.0. The molecule has 0 bridgehead atoms. The fourth-order valence-electron chi connectivity index (χ4n) is 3.61. The summed E-state index contributed by atoms with van der Waals surface area (Å²) >= 11 is 0. The van der Waals surface area contributed by atoms with E-state index < -0.39 is 0 Å². The van der Waals surface area contributed by atoms with Gasteiger partial charge < -0.3 is 5.73 Å². The van der Waals surface area contributed by atoms with Crippen molar-refractivity contribution in [2.45, 2.75) is 64.8 Å². The molecule has 1 saturated carbocycles. The molecule has 2 rings (SSSR count). The maximum atomic E-state index is 6.12. The predicted molar refractivity (Wildman–Crippen MR) is 74.0 cm³/mol. The van der Waals surface area contributed by atoms with E-state index in [1.165, 1.54) is 51.6 Å². The Balaban J connectivity index is 1.94. The molecule has 100 valence electrons. The third-order valence-corrected chi connectivity index (χ3v) is 5.71. The van der Waals surface area contributed by atoms with Gasteiger partial charge in [0.25, 0.3) is 0 Å². The summed E-state index contributed by atoms with van der Waals surface area (Å²) in [6, 6.07) is 0. The number of nitrogens with two attached hydrogens (primary N) is 1. The van der Waals surface area contributed by atoms with E-state index in [9.17, 15) is 0 Å². The largest absolute Gasteiger partial charge is 0.329 e. The second-order valence-corrected chi connectivity index (χ2v) is 6.76. The molecule has 1 heterocycles. The summed E-state index contributed by atoms with van der Waals surface area (Å²) in [7, 11) is 0. The van der Waals surface area contributed by atoms with E-state index in [4.69, 9.17) is 5.73 Å². The molecule has 0 radical (unpaired) electrons. The maximum Gasteiger partial charge on any atom is 0.0357 e. The van der Waals surface area contributed by atoms with Crippen LogP contribution in [-0.2, 0) is 0 Å². The van der Waals surface area contributed by atoms with Crippen LogP contribution >= 0.6 is 0 Å². The SMILES string of the molecule is CCCC1CCN(C(C)(CN)C2(C)CC2)CC1. The smallest absolute Gasteiger partial charge is 0.0357 e. The molecule has 17 heavy (non-hydrogen) atoms. The summed E-state index contributed by atoms with van der Waals surface area (Å²) in [5, 5.41) is 0. The molecule has 2 N–H and O–H groups in total. The van der Waals surface area contributed by atoms with E-state index in [1.807, 2.05) is 0 Å². The van der Waals surface area contributed by atoms with Gasteiger partial charge in [0.05, 0.1) is 0 Å². The van der Waals surface area contributed by atoms with Crippen LogP contribution in [0.25, 0.3) is 0 Å². The van der Waals surface area contributed by atoms with Crippen LogP contribution in [0.2, 0.25) is 0 Å². The van der Waals surface area contributed by atoms with E-state index in [-0.39, 0.29) is 5.54 Å². The van der Waals surface area contributed by atoms with Gasteiger partial charge in [0, 0.05) is 12.1 Å². The number of rotatable bonds is 5. The van der Waals surface area contributed by atoms with Crippen LogP contribution in [0.4, 0.5) is 0 Å². The van der Waals surface area contributed by atoms with Gasteiger partial charge in [0.1, 0.15) is 0 Å². The van der Waals surface area contributed by atoms with Gasteiger partial charge in [0.15, 0.2) is 0 Å². The van der Waals surface area contributed by atoms with Crippen molar-refractivity contribution < 1.29 is 0 Å². The Morgan fingerprint density at radius 2 is 1.88 bits per heavy atom. The molecule has 1 saturated heterocycles. The number of piperidine rings is 1. The lowest BCUT2D eigenvalue weighted by molar-refractivity contribution is 0.0172.